The van der Waals surface area contributed by atoms with Gasteiger partial charge in [0.15, 0.2) is 17.4 Å². The van der Waals surface area contributed by atoms with Gasteiger partial charge in [0, 0.05) is 12.8 Å². The molecule has 23 heavy (non-hydrogen) atoms. The molecular formula is C16H17F3O4. The van der Waals surface area contributed by atoms with Gasteiger partial charge >= 0.3 is 11.9 Å². The number of rotatable bonds is 7. The Kier molecular flexibility index (Phi) is 7.31. The Hall–Kier alpha value is -2.31. The average molecular weight is 330 g/mol. The molecule has 0 radical (unpaired) electrons. The van der Waals surface area contributed by atoms with E-state index < -0.39 is 35.1 Å². The summed E-state index contributed by atoms with van der Waals surface area (Å²) < 4.78 is 48.5. The maximum Gasteiger partial charge on any atom is 0.311 e. The normalized spacial score (nSPS) is 10.1. The quantitative estimate of drug-likeness (QED) is 0.331. The molecule has 1 rings (SSSR count). The van der Waals surface area contributed by atoms with Gasteiger partial charge in [-0.25, -0.2) is 8.78 Å². The molecule has 0 aliphatic heterocycles. The summed E-state index contributed by atoms with van der Waals surface area (Å²) in [5.41, 5.74) is 1.01. The Bertz CT molecular complexity index is 608. The molecule has 0 unspecified atom stereocenters. The minimum atomic E-state index is -1.71. The molecule has 0 bridgehead atoms. The van der Waals surface area contributed by atoms with Gasteiger partial charge in [-0.15, -0.1) is 0 Å². The van der Waals surface area contributed by atoms with Crippen molar-refractivity contribution in [1.82, 2.24) is 0 Å². The first-order valence-corrected chi connectivity index (χ1v) is 6.94. The number of esters is 2. The van der Waals surface area contributed by atoms with Gasteiger partial charge in [-0.1, -0.05) is 5.57 Å². The molecule has 126 valence electrons. The van der Waals surface area contributed by atoms with E-state index in [9.17, 15) is 22.8 Å². The molecule has 0 heterocycles. The van der Waals surface area contributed by atoms with Gasteiger partial charge in [0.2, 0.25) is 5.82 Å². The molecule has 1 aromatic rings. The van der Waals surface area contributed by atoms with Gasteiger partial charge in [-0.2, -0.15) is 4.39 Å². The number of hydrogen-bond acceptors (Lipinski definition) is 4. The molecule has 0 N–H and O–H groups in total. The Labute approximate surface area is 131 Å². The van der Waals surface area contributed by atoms with E-state index in [1.165, 1.54) is 0 Å². The zero-order chi connectivity index (χ0) is 17.4. The molecule has 0 fully saturated rings. The highest BCUT2D eigenvalue weighted by molar-refractivity contribution is 5.74. The summed E-state index contributed by atoms with van der Waals surface area (Å²) >= 11 is 0. The number of halogens is 3. The lowest BCUT2D eigenvalue weighted by Gasteiger charge is -2.06. The van der Waals surface area contributed by atoms with Crippen LogP contribution in [0.15, 0.2) is 23.8 Å². The summed E-state index contributed by atoms with van der Waals surface area (Å²) in [4.78, 5) is 22.8. The van der Waals surface area contributed by atoms with Crippen molar-refractivity contribution in [2.45, 2.75) is 33.1 Å². The summed E-state index contributed by atoms with van der Waals surface area (Å²) in [6, 6.07) is 1.47. The second-order valence-electron chi connectivity index (χ2n) is 4.97. The van der Waals surface area contributed by atoms with Gasteiger partial charge in [0.1, 0.15) is 6.61 Å². The van der Waals surface area contributed by atoms with Crippen LogP contribution >= 0.6 is 0 Å². The van der Waals surface area contributed by atoms with E-state index in [1.807, 2.05) is 13.8 Å². The Morgan fingerprint density at radius 3 is 2.35 bits per heavy atom. The third-order valence-corrected chi connectivity index (χ3v) is 2.72. The summed E-state index contributed by atoms with van der Waals surface area (Å²) in [6.45, 7) is 3.88. The second-order valence-corrected chi connectivity index (χ2v) is 4.97. The first-order chi connectivity index (χ1) is 10.8. The highest BCUT2D eigenvalue weighted by Crippen LogP contribution is 2.22. The Balaban J connectivity index is 2.37. The highest BCUT2D eigenvalue weighted by Gasteiger charge is 2.17. The number of ether oxygens (including phenoxy) is 2. The van der Waals surface area contributed by atoms with Crippen LogP contribution < -0.4 is 4.74 Å². The first kappa shape index (κ1) is 18.7. The fraction of sp³-hybridized carbons (Fsp3) is 0.375. The Morgan fingerprint density at radius 2 is 1.70 bits per heavy atom. The fourth-order valence-corrected chi connectivity index (χ4v) is 1.51. The lowest BCUT2D eigenvalue weighted by atomic mass is 10.2. The van der Waals surface area contributed by atoms with Crippen molar-refractivity contribution < 1.29 is 32.2 Å². The van der Waals surface area contributed by atoms with Crippen molar-refractivity contribution in [1.29, 1.82) is 0 Å². The topological polar surface area (TPSA) is 52.6 Å². The third kappa shape index (κ3) is 6.54. The number of hydrogen-bond donors (Lipinski definition) is 0. The molecule has 0 atom stereocenters. The zero-order valence-electron chi connectivity index (χ0n) is 12.8. The van der Waals surface area contributed by atoms with Gasteiger partial charge in [-0.05, 0) is 38.5 Å². The second kappa shape index (κ2) is 8.97. The average Bonchev–Trinajstić information content (AvgIpc) is 2.47. The summed E-state index contributed by atoms with van der Waals surface area (Å²) in [5, 5.41) is 0. The molecule has 0 aromatic heterocycles. The molecule has 0 amide bonds. The van der Waals surface area contributed by atoms with E-state index >= 15 is 0 Å². The first-order valence-electron chi connectivity index (χ1n) is 6.94. The molecule has 1 aromatic carbocycles. The predicted octanol–water partition coefficient (Wildman–Crippen LogP) is 3.69. The van der Waals surface area contributed by atoms with Crippen LogP contribution in [0.1, 0.15) is 33.1 Å². The minimum absolute atomic E-state index is 0.00797. The van der Waals surface area contributed by atoms with Crippen molar-refractivity contribution in [3.8, 4) is 5.75 Å². The maximum atomic E-state index is 13.3. The van der Waals surface area contributed by atoms with E-state index in [0.29, 0.717) is 6.07 Å². The largest absolute Gasteiger partial charge is 0.461 e. The molecule has 7 heteroatoms. The molecule has 0 saturated carbocycles. The molecule has 4 nitrogen and oxygen atoms in total. The highest BCUT2D eigenvalue weighted by atomic mass is 19.2. The molecule has 0 aliphatic carbocycles. The van der Waals surface area contributed by atoms with Crippen LogP contribution in [-0.2, 0) is 14.3 Å². The number of allylic oxidation sites excluding steroid dienone is 1. The molecular weight excluding hydrogens is 313 g/mol. The number of carbonyl (C=O) groups is 2. The van der Waals surface area contributed by atoms with Crippen LogP contribution in [0.25, 0.3) is 0 Å². The third-order valence-electron chi connectivity index (χ3n) is 2.72. The van der Waals surface area contributed by atoms with Crippen LogP contribution in [0.2, 0.25) is 0 Å². The van der Waals surface area contributed by atoms with Crippen LogP contribution in [0.4, 0.5) is 13.2 Å². The monoisotopic (exact) mass is 330 g/mol. The molecule has 0 aliphatic rings. The van der Waals surface area contributed by atoms with E-state index in [2.05, 4.69) is 4.74 Å². The van der Waals surface area contributed by atoms with E-state index in [1.54, 1.807) is 6.08 Å². The van der Waals surface area contributed by atoms with E-state index in [0.717, 1.165) is 11.6 Å². The van der Waals surface area contributed by atoms with Crippen molar-refractivity contribution >= 4 is 11.9 Å². The Morgan fingerprint density at radius 1 is 1.04 bits per heavy atom. The number of carbonyl (C=O) groups excluding carboxylic acids is 2. The fourth-order valence-electron chi connectivity index (χ4n) is 1.51. The van der Waals surface area contributed by atoms with Crippen LogP contribution in [0.5, 0.6) is 5.75 Å². The lowest BCUT2D eigenvalue weighted by molar-refractivity contribution is -0.142. The number of benzene rings is 1. The summed E-state index contributed by atoms with van der Waals surface area (Å²) in [7, 11) is 0. The van der Waals surface area contributed by atoms with Crippen LogP contribution in [0.3, 0.4) is 0 Å². The van der Waals surface area contributed by atoms with Crippen molar-refractivity contribution in [3.63, 3.8) is 0 Å². The maximum absolute atomic E-state index is 13.3. The lowest BCUT2D eigenvalue weighted by Crippen LogP contribution is -2.11. The van der Waals surface area contributed by atoms with E-state index in [4.69, 9.17) is 4.74 Å². The summed E-state index contributed by atoms with van der Waals surface area (Å²) in [5.74, 6) is -6.68. The van der Waals surface area contributed by atoms with Crippen LogP contribution in [-0.4, -0.2) is 18.5 Å². The smallest absolute Gasteiger partial charge is 0.311 e. The van der Waals surface area contributed by atoms with Crippen molar-refractivity contribution in [2.24, 2.45) is 0 Å². The molecule has 0 spiro atoms. The van der Waals surface area contributed by atoms with Gasteiger partial charge < -0.3 is 9.47 Å². The zero-order valence-corrected chi connectivity index (χ0v) is 12.8. The van der Waals surface area contributed by atoms with Gasteiger partial charge in [0.25, 0.3) is 0 Å². The van der Waals surface area contributed by atoms with Crippen LogP contribution in [0, 0.1) is 17.5 Å². The standard InChI is InChI=1S/C16H17F3O4/c1-10(2)8-9-22-13(20)4-3-5-14(21)23-12-7-6-11(17)15(18)16(12)19/h6-8H,3-5,9H2,1-2H3. The van der Waals surface area contributed by atoms with E-state index in [-0.39, 0.29) is 25.9 Å². The SMILES string of the molecule is CC(C)=CCOC(=O)CCCC(=O)Oc1ccc(F)c(F)c1F. The van der Waals surface area contributed by atoms with Crippen molar-refractivity contribution in [2.75, 3.05) is 6.61 Å². The minimum Gasteiger partial charge on any atom is -0.461 e. The van der Waals surface area contributed by atoms with Crippen molar-refractivity contribution in [3.05, 3.63) is 41.2 Å². The predicted molar refractivity (Wildman–Crippen MR) is 76.2 cm³/mol. The summed E-state index contributed by atoms with van der Waals surface area (Å²) in [6.07, 6.45) is 1.68. The van der Waals surface area contributed by atoms with Gasteiger partial charge in [0.05, 0.1) is 0 Å². The molecule has 0 saturated heterocycles. The van der Waals surface area contributed by atoms with Gasteiger partial charge in [-0.3, -0.25) is 9.59 Å².